The van der Waals surface area contributed by atoms with Crippen LogP contribution in [0.15, 0.2) is 0 Å². The normalized spacial score (nSPS) is 29.8. The fourth-order valence-corrected chi connectivity index (χ4v) is 5.76. The molecule has 0 radical (unpaired) electrons. The molecule has 8 heteroatoms. The van der Waals surface area contributed by atoms with Gasteiger partial charge in [-0.3, -0.25) is 14.6 Å². The second-order valence-corrected chi connectivity index (χ2v) is 9.77. The van der Waals surface area contributed by atoms with E-state index in [-0.39, 0.29) is 17.7 Å². The second-order valence-electron chi connectivity index (χ2n) is 7.54. The molecule has 0 aromatic carbocycles. The van der Waals surface area contributed by atoms with Crippen molar-refractivity contribution in [3.05, 3.63) is 0 Å². The van der Waals surface area contributed by atoms with Gasteiger partial charge in [0.2, 0.25) is 5.91 Å². The molecular formula is C16H29N3O4S. The number of rotatable bonds is 3. The monoisotopic (exact) mass is 359 g/mol. The van der Waals surface area contributed by atoms with E-state index in [0.717, 1.165) is 32.6 Å². The molecule has 0 spiro atoms. The average Bonchev–Trinajstić information content (AvgIpc) is 2.95. The maximum atomic E-state index is 13.0. The Hall–Kier alpha value is -0.700. The lowest BCUT2D eigenvalue weighted by atomic mass is 9.99. The molecule has 0 aromatic heterocycles. The zero-order chi connectivity index (χ0) is 17.4. The predicted octanol–water partition coefficient (Wildman–Crippen LogP) is -0.571. The first-order valence-electron chi connectivity index (χ1n) is 8.86. The van der Waals surface area contributed by atoms with E-state index in [2.05, 4.69) is 9.80 Å². The Morgan fingerprint density at radius 3 is 2.21 bits per heavy atom. The molecule has 1 atom stereocenters. The molecule has 138 valence electrons. The lowest BCUT2D eigenvalue weighted by molar-refractivity contribution is -0.147. The van der Waals surface area contributed by atoms with E-state index in [4.69, 9.17) is 4.74 Å². The first-order chi connectivity index (χ1) is 11.3. The summed E-state index contributed by atoms with van der Waals surface area (Å²) in [5.41, 5.74) is -0.511. The van der Waals surface area contributed by atoms with Gasteiger partial charge in [0.1, 0.15) is 0 Å². The van der Waals surface area contributed by atoms with E-state index < -0.39 is 15.4 Å². The van der Waals surface area contributed by atoms with Crippen molar-refractivity contribution in [2.24, 2.45) is 0 Å². The third kappa shape index (κ3) is 3.76. The Balaban J connectivity index is 1.55. The molecule has 0 bridgehead atoms. The van der Waals surface area contributed by atoms with Crippen LogP contribution in [0.1, 0.15) is 20.3 Å². The number of hydrogen-bond donors (Lipinski definition) is 0. The third-order valence-corrected chi connectivity index (χ3v) is 7.40. The van der Waals surface area contributed by atoms with Crippen molar-refractivity contribution < 1.29 is 17.9 Å². The number of carbonyl (C=O) groups is 1. The van der Waals surface area contributed by atoms with Gasteiger partial charge in [-0.2, -0.15) is 0 Å². The van der Waals surface area contributed by atoms with Crippen molar-refractivity contribution in [2.45, 2.75) is 31.8 Å². The lowest BCUT2D eigenvalue weighted by Gasteiger charge is -2.45. The molecular weight excluding hydrogens is 330 g/mol. The van der Waals surface area contributed by atoms with Crippen molar-refractivity contribution in [1.29, 1.82) is 0 Å². The number of morpholine rings is 1. The number of carbonyl (C=O) groups excluding carboxylic acids is 1. The molecule has 0 saturated carbocycles. The average molecular weight is 359 g/mol. The molecule has 1 unspecified atom stereocenters. The van der Waals surface area contributed by atoms with Crippen molar-refractivity contribution in [2.75, 3.05) is 64.0 Å². The summed E-state index contributed by atoms with van der Waals surface area (Å²) in [7, 11) is -2.85. The van der Waals surface area contributed by atoms with E-state index in [1.807, 2.05) is 18.7 Å². The van der Waals surface area contributed by atoms with Crippen molar-refractivity contribution in [3.63, 3.8) is 0 Å². The van der Waals surface area contributed by atoms with Crippen LogP contribution >= 0.6 is 0 Å². The Morgan fingerprint density at radius 1 is 1.04 bits per heavy atom. The Morgan fingerprint density at radius 2 is 1.67 bits per heavy atom. The van der Waals surface area contributed by atoms with E-state index >= 15 is 0 Å². The van der Waals surface area contributed by atoms with E-state index in [0.29, 0.717) is 32.1 Å². The highest BCUT2D eigenvalue weighted by atomic mass is 32.2. The molecule has 1 amide bonds. The molecule has 0 aromatic rings. The van der Waals surface area contributed by atoms with E-state index in [9.17, 15) is 13.2 Å². The molecule has 7 nitrogen and oxygen atoms in total. The molecule has 3 heterocycles. The Kier molecular flexibility index (Phi) is 5.20. The van der Waals surface area contributed by atoms with Crippen LogP contribution in [0.25, 0.3) is 0 Å². The van der Waals surface area contributed by atoms with E-state index in [1.54, 1.807) is 0 Å². The van der Waals surface area contributed by atoms with Crippen molar-refractivity contribution in [3.8, 4) is 0 Å². The van der Waals surface area contributed by atoms with Crippen LogP contribution in [0.5, 0.6) is 0 Å². The molecule has 3 aliphatic heterocycles. The fraction of sp³-hybridized carbons (Fsp3) is 0.938. The highest BCUT2D eigenvalue weighted by Gasteiger charge is 2.40. The molecule has 3 saturated heterocycles. The number of amides is 1. The molecule has 3 aliphatic rings. The quantitative estimate of drug-likeness (QED) is 0.672. The number of hydrogen-bond acceptors (Lipinski definition) is 6. The second kappa shape index (κ2) is 6.90. The standard InChI is InChI=1S/C16H29N3O4S/c1-16(2,19-8-10-23-11-9-19)15(20)18-6-4-17(5-7-18)14-3-12-24(21,22)13-14/h14H,3-13H2,1-2H3. The van der Waals surface area contributed by atoms with Crippen LogP contribution < -0.4 is 0 Å². The predicted molar refractivity (Wildman–Crippen MR) is 91.7 cm³/mol. The Labute approximate surface area is 144 Å². The van der Waals surface area contributed by atoms with E-state index in [1.165, 1.54) is 0 Å². The van der Waals surface area contributed by atoms with Gasteiger partial charge >= 0.3 is 0 Å². The summed E-state index contributed by atoms with van der Waals surface area (Å²) in [4.78, 5) is 19.4. The van der Waals surface area contributed by atoms with Gasteiger partial charge in [0.25, 0.3) is 0 Å². The van der Waals surface area contributed by atoms with Crippen LogP contribution in [-0.2, 0) is 19.4 Å². The van der Waals surface area contributed by atoms with Crippen LogP contribution in [0.4, 0.5) is 0 Å². The van der Waals surface area contributed by atoms with Gasteiger partial charge in [-0.25, -0.2) is 8.42 Å². The van der Waals surface area contributed by atoms with Gasteiger partial charge in [0, 0.05) is 45.3 Å². The fourth-order valence-electron chi connectivity index (χ4n) is 4.00. The van der Waals surface area contributed by atoms with Gasteiger partial charge in [-0.1, -0.05) is 0 Å². The van der Waals surface area contributed by atoms with Crippen molar-refractivity contribution >= 4 is 15.7 Å². The van der Waals surface area contributed by atoms with Crippen molar-refractivity contribution in [1.82, 2.24) is 14.7 Å². The smallest absolute Gasteiger partial charge is 0.242 e. The maximum Gasteiger partial charge on any atom is 0.242 e. The first kappa shape index (κ1) is 18.1. The Bertz CT molecular complexity index is 564. The number of ether oxygens (including phenoxy) is 1. The summed E-state index contributed by atoms with van der Waals surface area (Å²) in [5, 5.41) is 0. The van der Waals surface area contributed by atoms with Crippen LogP contribution in [0.3, 0.4) is 0 Å². The highest BCUT2D eigenvalue weighted by molar-refractivity contribution is 7.91. The van der Waals surface area contributed by atoms with Gasteiger partial charge in [-0.15, -0.1) is 0 Å². The van der Waals surface area contributed by atoms with Crippen LogP contribution in [0, 0.1) is 0 Å². The molecule has 24 heavy (non-hydrogen) atoms. The van der Waals surface area contributed by atoms with Crippen LogP contribution in [0.2, 0.25) is 0 Å². The lowest BCUT2D eigenvalue weighted by Crippen LogP contribution is -2.62. The minimum Gasteiger partial charge on any atom is -0.379 e. The number of piperazine rings is 1. The summed E-state index contributed by atoms with van der Waals surface area (Å²) in [6, 6.07) is 0.138. The number of nitrogens with zero attached hydrogens (tertiary/aromatic N) is 3. The van der Waals surface area contributed by atoms with Gasteiger partial charge < -0.3 is 9.64 Å². The summed E-state index contributed by atoms with van der Waals surface area (Å²) >= 11 is 0. The first-order valence-corrected chi connectivity index (χ1v) is 10.7. The minimum absolute atomic E-state index is 0.138. The number of sulfone groups is 1. The molecule has 0 aliphatic carbocycles. The largest absolute Gasteiger partial charge is 0.379 e. The molecule has 0 N–H and O–H groups in total. The third-order valence-electron chi connectivity index (χ3n) is 5.65. The SMILES string of the molecule is CC(C)(C(=O)N1CCN(C2CCS(=O)(=O)C2)CC1)N1CCOCC1. The highest BCUT2D eigenvalue weighted by Crippen LogP contribution is 2.23. The zero-order valence-corrected chi connectivity index (χ0v) is 15.6. The summed E-state index contributed by atoms with van der Waals surface area (Å²) in [5.74, 6) is 0.754. The van der Waals surface area contributed by atoms with Gasteiger partial charge in [0.05, 0.1) is 30.3 Å². The molecule has 3 rings (SSSR count). The molecule has 3 fully saturated rings. The summed E-state index contributed by atoms with van der Waals surface area (Å²) < 4.78 is 28.7. The summed E-state index contributed by atoms with van der Waals surface area (Å²) in [6.45, 7) is 9.84. The maximum absolute atomic E-state index is 13.0. The zero-order valence-electron chi connectivity index (χ0n) is 14.7. The topological polar surface area (TPSA) is 70.2 Å². The van der Waals surface area contributed by atoms with Crippen LogP contribution in [-0.4, -0.2) is 105 Å². The summed E-state index contributed by atoms with van der Waals surface area (Å²) in [6.07, 6.45) is 0.732. The van der Waals surface area contributed by atoms with Gasteiger partial charge in [-0.05, 0) is 20.3 Å². The van der Waals surface area contributed by atoms with Gasteiger partial charge in [0.15, 0.2) is 9.84 Å². The minimum atomic E-state index is -2.85.